The van der Waals surface area contributed by atoms with Gasteiger partial charge in [0.1, 0.15) is 9.75 Å². The van der Waals surface area contributed by atoms with Crippen LogP contribution in [0.4, 0.5) is 0 Å². The molecule has 4 aromatic rings. The summed E-state index contributed by atoms with van der Waals surface area (Å²) in [6, 6.07) is 24.9. The highest BCUT2D eigenvalue weighted by Gasteiger charge is 2.12. The van der Waals surface area contributed by atoms with Crippen LogP contribution in [-0.4, -0.2) is 22.2 Å². The molecule has 0 aliphatic carbocycles. The lowest BCUT2D eigenvalue weighted by Crippen LogP contribution is -1.89. The van der Waals surface area contributed by atoms with E-state index in [1.165, 1.54) is 34.3 Å². The number of thiophene rings is 2. The smallest absolute Gasteiger partial charge is 0.345 e. The molecule has 0 amide bonds. The van der Waals surface area contributed by atoms with Crippen LogP contribution in [-0.2, 0) is 12.8 Å². The number of rotatable bonds is 6. The fraction of sp³-hybridized carbons (Fsp3) is 0.0833. The molecule has 0 aliphatic heterocycles. The van der Waals surface area contributed by atoms with E-state index >= 15 is 0 Å². The Bertz CT molecular complexity index is 1150. The predicted octanol–water partition coefficient (Wildman–Crippen LogP) is 6.73. The minimum Gasteiger partial charge on any atom is -0.477 e. The summed E-state index contributed by atoms with van der Waals surface area (Å²) in [6.45, 7) is 0. The Labute approximate surface area is 193 Å². The van der Waals surface area contributed by atoms with E-state index in [-0.39, 0.29) is 4.88 Å². The van der Waals surface area contributed by atoms with Crippen LogP contribution in [0.1, 0.15) is 40.2 Å². The van der Waals surface area contributed by atoms with Crippen LogP contribution >= 0.6 is 34.3 Å². The number of carboxylic acids is 2. The largest absolute Gasteiger partial charge is 0.477 e. The molecule has 158 valence electrons. The fourth-order valence-electron chi connectivity index (χ4n) is 2.80. The van der Waals surface area contributed by atoms with Crippen molar-refractivity contribution in [2.75, 3.05) is 0 Å². The van der Waals surface area contributed by atoms with Gasteiger partial charge in [0.05, 0.1) is 5.02 Å². The van der Waals surface area contributed by atoms with Gasteiger partial charge in [0.2, 0.25) is 0 Å². The normalized spacial score (nSPS) is 10.2. The van der Waals surface area contributed by atoms with Crippen molar-refractivity contribution in [2.24, 2.45) is 0 Å². The quantitative estimate of drug-likeness (QED) is 0.327. The number of hydrogen-bond acceptors (Lipinski definition) is 4. The fourth-order valence-corrected chi connectivity index (χ4v) is 4.96. The van der Waals surface area contributed by atoms with Gasteiger partial charge in [0.25, 0.3) is 0 Å². The Morgan fingerprint density at radius 1 is 0.710 bits per heavy atom. The Balaban J connectivity index is 0.000000176. The molecule has 4 nitrogen and oxygen atoms in total. The number of benzene rings is 2. The van der Waals surface area contributed by atoms with Gasteiger partial charge in [-0.15, -0.1) is 22.7 Å². The van der Waals surface area contributed by atoms with Gasteiger partial charge in [-0.05, 0) is 29.3 Å². The summed E-state index contributed by atoms with van der Waals surface area (Å²) in [6.07, 6.45) is 1.48. The van der Waals surface area contributed by atoms with Gasteiger partial charge < -0.3 is 10.2 Å². The third-order valence-electron chi connectivity index (χ3n) is 4.27. The molecule has 4 rings (SSSR count). The van der Waals surface area contributed by atoms with E-state index < -0.39 is 11.9 Å². The first-order valence-corrected chi connectivity index (χ1v) is 11.3. The second kappa shape index (κ2) is 10.9. The number of halogens is 1. The van der Waals surface area contributed by atoms with Crippen molar-refractivity contribution in [1.29, 1.82) is 0 Å². The van der Waals surface area contributed by atoms with Crippen LogP contribution in [0.25, 0.3) is 0 Å². The van der Waals surface area contributed by atoms with E-state index in [1.807, 2.05) is 66.7 Å². The standard InChI is InChI=1S/C12H9ClO2S.C12H10O2S/c13-9-7-11(12(14)15)16-10(9)6-8-4-2-1-3-5-8;13-12(14)11-7-6-10(15-11)8-9-4-2-1-3-5-9/h1-5,7H,6H2,(H,14,15);1-7H,8H2,(H,13,14). The van der Waals surface area contributed by atoms with Crippen molar-refractivity contribution in [3.8, 4) is 0 Å². The first-order valence-electron chi connectivity index (χ1n) is 9.33. The second-order valence-corrected chi connectivity index (χ2v) is 9.30. The van der Waals surface area contributed by atoms with E-state index in [9.17, 15) is 9.59 Å². The van der Waals surface area contributed by atoms with E-state index in [1.54, 1.807) is 6.07 Å². The van der Waals surface area contributed by atoms with Crippen molar-refractivity contribution in [3.05, 3.63) is 115 Å². The Kier molecular flexibility index (Phi) is 8.00. The maximum atomic E-state index is 10.8. The molecule has 2 N–H and O–H groups in total. The van der Waals surface area contributed by atoms with Crippen LogP contribution in [0.3, 0.4) is 0 Å². The molecule has 0 saturated heterocycles. The van der Waals surface area contributed by atoms with Gasteiger partial charge in [0, 0.05) is 22.6 Å². The van der Waals surface area contributed by atoms with Crippen LogP contribution in [0.2, 0.25) is 5.02 Å². The third-order valence-corrected chi connectivity index (χ3v) is 6.91. The van der Waals surface area contributed by atoms with E-state index in [2.05, 4.69) is 0 Å². The molecular weight excluding hydrogens is 452 g/mol. The maximum Gasteiger partial charge on any atom is 0.345 e. The van der Waals surface area contributed by atoms with Crippen molar-refractivity contribution in [1.82, 2.24) is 0 Å². The van der Waals surface area contributed by atoms with Gasteiger partial charge in [-0.1, -0.05) is 72.3 Å². The topological polar surface area (TPSA) is 74.6 Å². The first-order chi connectivity index (χ1) is 14.9. The molecule has 2 heterocycles. The highest BCUT2D eigenvalue weighted by molar-refractivity contribution is 7.14. The average molecular weight is 471 g/mol. The monoisotopic (exact) mass is 470 g/mol. The molecule has 0 atom stereocenters. The lowest BCUT2D eigenvalue weighted by atomic mass is 10.1. The van der Waals surface area contributed by atoms with Gasteiger partial charge >= 0.3 is 11.9 Å². The highest BCUT2D eigenvalue weighted by atomic mass is 35.5. The van der Waals surface area contributed by atoms with Crippen molar-refractivity contribution >= 4 is 46.2 Å². The summed E-state index contributed by atoms with van der Waals surface area (Å²) in [7, 11) is 0. The van der Waals surface area contributed by atoms with Crippen LogP contribution < -0.4 is 0 Å². The van der Waals surface area contributed by atoms with Crippen LogP contribution in [0.15, 0.2) is 78.9 Å². The van der Waals surface area contributed by atoms with Crippen molar-refractivity contribution in [2.45, 2.75) is 12.8 Å². The summed E-state index contributed by atoms with van der Waals surface area (Å²) in [5.74, 6) is -1.77. The van der Waals surface area contributed by atoms with E-state index in [0.29, 0.717) is 16.3 Å². The Morgan fingerprint density at radius 2 is 1.26 bits per heavy atom. The molecule has 2 aromatic carbocycles. The maximum absolute atomic E-state index is 10.8. The van der Waals surface area contributed by atoms with Gasteiger partial charge in [-0.25, -0.2) is 9.59 Å². The molecule has 0 fully saturated rings. The lowest BCUT2D eigenvalue weighted by molar-refractivity contribution is 0.0691. The SMILES string of the molecule is O=C(O)c1cc(Cl)c(Cc2ccccc2)s1.O=C(O)c1ccc(Cc2ccccc2)s1. The molecule has 2 aromatic heterocycles. The zero-order chi connectivity index (χ0) is 22.2. The van der Waals surface area contributed by atoms with Gasteiger partial charge in [0.15, 0.2) is 0 Å². The zero-order valence-electron chi connectivity index (χ0n) is 16.3. The molecular formula is C24H19ClO4S2. The zero-order valence-corrected chi connectivity index (χ0v) is 18.7. The van der Waals surface area contributed by atoms with Crippen LogP contribution in [0.5, 0.6) is 0 Å². The molecule has 0 bridgehead atoms. The first kappa shape index (κ1) is 22.7. The number of carboxylic acid groups (broad SMARTS) is 2. The second-order valence-electron chi connectivity index (χ2n) is 6.58. The summed E-state index contributed by atoms with van der Waals surface area (Å²) >= 11 is 8.55. The minimum atomic E-state index is -0.925. The molecule has 0 saturated carbocycles. The molecule has 31 heavy (non-hydrogen) atoms. The molecule has 0 spiro atoms. The van der Waals surface area contributed by atoms with E-state index in [4.69, 9.17) is 21.8 Å². The van der Waals surface area contributed by atoms with Crippen molar-refractivity contribution in [3.63, 3.8) is 0 Å². The summed E-state index contributed by atoms with van der Waals surface area (Å²) in [5, 5.41) is 18.1. The molecule has 0 unspecified atom stereocenters. The highest BCUT2D eigenvalue weighted by Crippen LogP contribution is 2.29. The molecule has 7 heteroatoms. The predicted molar refractivity (Wildman–Crippen MR) is 126 cm³/mol. The minimum absolute atomic E-state index is 0.288. The third kappa shape index (κ3) is 6.79. The van der Waals surface area contributed by atoms with Gasteiger partial charge in [-0.2, -0.15) is 0 Å². The Hall–Kier alpha value is -2.93. The number of carbonyl (C=O) groups is 2. The number of aromatic carboxylic acids is 2. The van der Waals surface area contributed by atoms with E-state index in [0.717, 1.165) is 21.7 Å². The lowest BCUT2D eigenvalue weighted by Gasteiger charge is -1.98. The summed E-state index contributed by atoms with van der Waals surface area (Å²) in [4.78, 5) is 24.1. The molecule has 0 radical (unpaired) electrons. The number of hydrogen-bond donors (Lipinski definition) is 2. The summed E-state index contributed by atoms with van der Waals surface area (Å²) < 4.78 is 0. The van der Waals surface area contributed by atoms with Crippen LogP contribution in [0, 0.1) is 0 Å². The van der Waals surface area contributed by atoms with Gasteiger partial charge in [-0.3, -0.25) is 0 Å². The average Bonchev–Trinajstić information content (AvgIpc) is 3.37. The summed E-state index contributed by atoms with van der Waals surface area (Å²) in [5.41, 5.74) is 2.33. The molecule has 0 aliphatic rings. The Morgan fingerprint density at radius 3 is 1.74 bits per heavy atom. The van der Waals surface area contributed by atoms with Crippen molar-refractivity contribution < 1.29 is 19.8 Å².